The first-order valence-corrected chi connectivity index (χ1v) is 6.18. The second-order valence-corrected chi connectivity index (χ2v) is 5.66. The summed E-state index contributed by atoms with van der Waals surface area (Å²) in [5, 5.41) is 16.7. The van der Waals surface area contributed by atoms with E-state index in [1.165, 1.54) is 10.7 Å². The highest BCUT2D eigenvalue weighted by atomic mass is 19.1. The van der Waals surface area contributed by atoms with E-state index in [-0.39, 0.29) is 11.4 Å². The van der Waals surface area contributed by atoms with Crippen LogP contribution >= 0.6 is 0 Å². The Bertz CT molecular complexity index is 651. The molecule has 2 rings (SSSR count). The van der Waals surface area contributed by atoms with Gasteiger partial charge in [0.05, 0.1) is 5.69 Å². The van der Waals surface area contributed by atoms with E-state index in [1.54, 1.807) is 19.1 Å². The van der Waals surface area contributed by atoms with Crippen molar-refractivity contribution in [3.05, 3.63) is 41.0 Å². The molecule has 0 amide bonds. The first kappa shape index (κ1) is 14.2. The highest BCUT2D eigenvalue weighted by molar-refractivity contribution is 5.87. The zero-order valence-corrected chi connectivity index (χ0v) is 11.8. The largest absolute Gasteiger partial charge is 0.476 e. The number of carboxylic acid groups (broad SMARTS) is 1. The van der Waals surface area contributed by atoms with Crippen LogP contribution in [0.25, 0.3) is 5.69 Å². The first-order chi connectivity index (χ1) is 9.23. The Labute approximate surface area is 116 Å². The molecule has 0 radical (unpaired) electrons. The van der Waals surface area contributed by atoms with Crippen LogP contribution in [0.5, 0.6) is 0 Å². The van der Waals surface area contributed by atoms with Crippen LogP contribution in [0.1, 0.15) is 42.5 Å². The summed E-state index contributed by atoms with van der Waals surface area (Å²) < 4.78 is 15.4. The fourth-order valence-corrected chi connectivity index (χ4v) is 2.15. The number of aryl methyl sites for hydroxylation is 1. The van der Waals surface area contributed by atoms with E-state index in [0.717, 1.165) is 0 Å². The molecular weight excluding hydrogens is 261 g/mol. The van der Waals surface area contributed by atoms with Crippen molar-refractivity contribution in [3.63, 3.8) is 0 Å². The molecule has 2 aromatic rings. The topological polar surface area (TPSA) is 68.0 Å². The number of carbonyl (C=O) groups is 1. The van der Waals surface area contributed by atoms with Gasteiger partial charge in [0.1, 0.15) is 11.5 Å². The van der Waals surface area contributed by atoms with E-state index in [2.05, 4.69) is 10.3 Å². The molecular formula is C14H16FN3O2. The van der Waals surface area contributed by atoms with Gasteiger partial charge in [-0.05, 0) is 18.6 Å². The minimum absolute atomic E-state index is 0.153. The van der Waals surface area contributed by atoms with Crippen LogP contribution in [0.2, 0.25) is 0 Å². The number of hydrogen-bond donors (Lipinski definition) is 1. The van der Waals surface area contributed by atoms with Crippen molar-refractivity contribution >= 4 is 5.97 Å². The summed E-state index contributed by atoms with van der Waals surface area (Å²) in [6.07, 6.45) is 0. The van der Waals surface area contributed by atoms with Gasteiger partial charge < -0.3 is 5.11 Å². The average molecular weight is 277 g/mol. The summed E-state index contributed by atoms with van der Waals surface area (Å²) in [7, 11) is 0. The number of aromatic nitrogens is 3. The zero-order chi connectivity index (χ0) is 15.1. The molecule has 5 nitrogen and oxygen atoms in total. The van der Waals surface area contributed by atoms with Crippen LogP contribution in [0.15, 0.2) is 18.2 Å². The lowest BCUT2D eigenvalue weighted by molar-refractivity contribution is 0.0687. The normalized spacial score (nSPS) is 11.7. The molecule has 0 unspecified atom stereocenters. The van der Waals surface area contributed by atoms with E-state index >= 15 is 0 Å². The van der Waals surface area contributed by atoms with Crippen LogP contribution in [-0.2, 0) is 5.41 Å². The number of carboxylic acids is 1. The Morgan fingerprint density at radius 1 is 1.35 bits per heavy atom. The molecule has 0 spiro atoms. The minimum Gasteiger partial charge on any atom is -0.476 e. The molecule has 1 N–H and O–H groups in total. The van der Waals surface area contributed by atoms with Gasteiger partial charge in [0, 0.05) is 5.41 Å². The molecule has 0 aliphatic carbocycles. The van der Waals surface area contributed by atoms with Gasteiger partial charge in [-0.1, -0.05) is 38.1 Å². The van der Waals surface area contributed by atoms with Crippen molar-refractivity contribution in [2.45, 2.75) is 33.1 Å². The number of hydrogen-bond acceptors (Lipinski definition) is 3. The van der Waals surface area contributed by atoms with Crippen molar-refractivity contribution in [3.8, 4) is 5.69 Å². The predicted octanol–water partition coefficient (Wildman–Crippen LogP) is 2.71. The molecule has 1 aromatic heterocycles. The number of halogens is 1. The van der Waals surface area contributed by atoms with E-state index < -0.39 is 17.2 Å². The quantitative estimate of drug-likeness (QED) is 0.916. The molecule has 0 aliphatic rings. The third-order valence-electron chi connectivity index (χ3n) is 2.98. The summed E-state index contributed by atoms with van der Waals surface area (Å²) >= 11 is 0. The van der Waals surface area contributed by atoms with Crippen LogP contribution in [0.4, 0.5) is 4.39 Å². The fraction of sp³-hybridized carbons (Fsp3) is 0.357. The average Bonchev–Trinajstić information content (AvgIpc) is 2.73. The van der Waals surface area contributed by atoms with E-state index in [4.69, 9.17) is 0 Å². The second kappa shape index (κ2) is 4.70. The van der Waals surface area contributed by atoms with Gasteiger partial charge in [-0.2, -0.15) is 0 Å². The first-order valence-electron chi connectivity index (χ1n) is 6.18. The number of nitrogens with zero attached hydrogens (tertiary/aromatic N) is 3. The summed E-state index contributed by atoms with van der Waals surface area (Å²) in [4.78, 5) is 11.3. The maximum atomic E-state index is 14.1. The molecule has 1 aromatic carbocycles. The monoisotopic (exact) mass is 277 g/mol. The molecule has 0 saturated heterocycles. The standard InChI is InChI=1S/C14H16FN3O2/c1-8-6-5-7-9(15)11(8)18-12(14(2,3)4)10(13(19)20)16-17-18/h5-7H,1-4H3,(H,19,20). The van der Waals surface area contributed by atoms with Gasteiger partial charge in [0.15, 0.2) is 5.69 Å². The molecule has 0 saturated carbocycles. The molecule has 1 heterocycles. The smallest absolute Gasteiger partial charge is 0.358 e. The highest BCUT2D eigenvalue weighted by Crippen LogP contribution is 2.29. The maximum absolute atomic E-state index is 14.1. The SMILES string of the molecule is Cc1cccc(F)c1-n1nnc(C(=O)O)c1C(C)(C)C. The lowest BCUT2D eigenvalue weighted by atomic mass is 9.90. The molecule has 0 bridgehead atoms. The summed E-state index contributed by atoms with van der Waals surface area (Å²) in [6, 6.07) is 4.66. The molecule has 106 valence electrons. The van der Waals surface area contributed by atoms with Crippen molar-refractivity contribution < 1.29 is 14.3 Å². The summed E-state index contributed by atoms with van der Waals surface area (Å²) in [5.41, 5.74) is 0.583. The Balaban J connectivity index is 2.80. The van der Waals surface area contributed by atoms with Gasteiger partial charge in [0.25, 0.3) is 0 Å². The van der Waals surface area contributed by atoms with Gasteiger partial charge >= 0.3 is 5.97 Å². The maximum Gasteiger partial charge on any atom is 0.358 e. The molecule has 6 heteroatoms. The molecule has 0 aliphatic heterocycles. The van der Waals surface area contributed by atoms with Crippen molar-refractivity contribution in [2.75, 3.05) is 0 Å². The van der Waals surface area contributed by atoms with Gasteiger partial charge in [0.2, 0.25) is 0 Å². The van der Waals surface area contributed by atoms with Crippen LogP contribution in [-0.4, -0.2) is 26.1 Å². The van der Waals surface area contributed by atoms with Crippen molar-refractivity contribution in [1.29, 1.82) is 0 Å². The van der Waals surface area contributed by atoms with Crippen LogP contribution in [0.3, 0.4) is 0 Å². The third-order valence-corrected chi connectivity index (χ3v) is 2.98. The molecule has 0 fully saturated rings. The molecule has 0 atom stereocenters. The van der Waals surface area contributed by atoms with Crippen LogP contribution in [0, 0.1) is 12.7 Å². The predicted molar refractivity (Wildman–Crippen MR) is 71.7 cm³/mol. The Morgan fingerprint density at radius 3 is 2.50 bits per heavy atom. The van der Waals surface area contributed by atoms with Crippen molar-refractivity contribution in [2.24, 2.45) is 0 Å². The van der Waals surface area contributed by atoms with E-state index in [9.17, 15) is 14.3 Å². The lowest BCUT2D eigenvalue weighted by Gasteiger charge is -2.21. The number of benzene rings is 1. The van der Waals surface area contributed by atoms with Gasteiger partial charge in [-0.15, -0.1) is 5.10 Å². The number of rotatable bonds is 2. The number of para-hydroxylation sites is 1. The van der Waals surface area contributed by atoms with Crippen molar-refractivity contribution in [1.82, 2.24) is 15.0 Å². The zero-order valence-electron chi connectivity index (χ0n) is 11.8. The third kappa shape index (κ3) is 2.29. The van der Waals surface area contributed by atoms with Crippen LogP contribution < -0.4 is 0 Å². The Morgan fingerprint density at radius 2 is 2.00 bits per heavy atom. The Kier molecular flexibility index (Phi) is 3.33. The fourth-order valence-electron chi connectivity index (χ4n) is 2.15. The van der Waals surface area contributed by atoms with E-state index in [1.807, 2.05) is 20.8 Å². The molecule has 20 heavy (non-hydrogen) atoms. The lowest BCUT2D eigenvalue weighted by Crippen LogP contribution is -2.22. The van der Waals surface area contributed by atoms with Gasteiger partial charge in [-0.25, -0.2) is 13.9 Å². The van der Waals surface area contributed by atoms with E-state index in [0.29, 0.717) is 11.3 Å². The Hall–Kier alpha value is -2.24. The number of aromatic carboxylic acids is 1. The second-order valence-electron chi connectivity index (χ2n) is 5.66. The van der Waals surface area contributed by atoms with Gasteiger partial charge in [-0.3, -0.25) is 0 Å². The minimum atomic E-state index is -1.17. The summed E-state index contributed by atoms with van der Waals surface area (Å²) in [5.74, 6) is -1.63. The highest BCUT2D eigenvalue weighted by Gasteiger charge is 2.30. The summed E-state index contributed by atoms with van der Waals surface area (Å²) in [6.45, 7) is 7.26.